The molecule has 1 aromatic rings. The number of rotatable bonds is 7. The number of benzene rings is 1. The van der Waals surface area contributed by atoms with Crippen molar-refractivity contribution < 1.29 is 4.79 Å². The molecule has 2 aliphatic heterocycles. The molecule has 0 spiro atoms. The summed E-state index contributed by atoms with van der Waals surface area (Å²) in [5.74, 6) is 1.11. The van der Waals surface area contributed by atoms with E-state index in [-0.39, 0.29) is 35.9 Å². The van der Waals surface area contributed by atoms with Crippen LogP contribution in [0.4, 0.5) is 5.69 Å². The Hall–Kier alpha value is -1.55. The number of amides is 1. The first-order valence-corrected chi connectivity index (χ1v) is 11.9. The van der Waals surface area contributed by atoms with Crippen LogP contribution in [0.3, 0.4) is 0 Å². The lowest BCUT2D eigenvalue weighted by molar-refractivity contribution is -0.129. The van der Waals surface area contributed by atoms with Gasteiger partial charge in [0.15, 0.2) is 5.96 Å². The molecule has 2 aliphatic rings. The van der Waals surface area contributed by atoms with E-state index in [2.05, 4.69) is 59.4 Å². The summed E-state index contributed by atoms with van der Waals surface area (Å²) >= 11 is 0. The topological polar surface area (TPSA) is 63.2 Å². The van der Waals surface area contributed by atoms with Gasteiger partial charge in [0.05, 0.1) is 6.54 Å². The highest BCUT2D eigenvalue weighted by Gasteiger charge is 2.25. The molecule has 0 radical (unpaired) electrons. The van der Waals surface area contributed by atoms with Gasteiger partial charge < -0.3 is 20.4 Å². The Kier molecular flexibility index (Phi) is 11.0. The Morgan fingerprint density at radius 1 is 1.12 bits per heavy atom. The second kappa shape index (κ2) is 13.2. The average molecular weight is 557 g/mol. The van der Waals surface area contributed by atoms with Gasteiger partial charge in [-0.25, -0.2) is 0 Å². The van der Waals surface area contributed by atoms with E-state index in [1.54, 1.807) is 0 Å². The fraction of sp³-hybridized carbons (Fsp3) is 0.667. The maximum atomic E-state index is 11.9. The maximum absolute atomic E-state index is 11.9. The first-order chi connectivity index (χ1) is 15.0. The Labute approximate surface area is 211 Å². The van der Waals surface area contributed by atoms with Crippen LogP contribution >= 0.6 is 24.0 Å². The number of nitrogens with zero attached hydrogens (tertiary/aromatic N) is 4. The smallest absolute Gasteiger partial charge is 0.222 e. The van der Waals surface area contributed by atoms with Gasteiger partial charge in [-0.15, -0.1) is 24.0 Å². The third-order valence-electron chi connectivity index (χ3n) is 6.50. The lowest BCUT2D eigenvalue weighted by Crippen LogP contribution is -2.48. The van der Waals surface area contributed by atoms with Crippen molar-refractivity contribution in [3.05, 3.63) is 29.3 Å². The molecule has 0 aromatic heterocycles. The zero-order chi connectivity index (χ0) is 22.2. The van der Waals surface area contributed by atoms with Crippen LogP contribution in [-0.4, -0.2) is 86.6 Å². The summed E-state index contributed by atoms with van der Waals surface area (Å²) < 4.78 is 0. The predicted octanol–water partition coefficient (Wildman–Crippen LogP) is 2.61. The summed E-state index contributed by atoms with van der Waals surface area (Å²) in [4.78, 5) is 23.7. The van der Waals surface area contributed by atoms with E-state index in [9.17, 15) is 4.79 Å². The summed E-state index contributed by atoms with van der Waals surface area (Å²) in [7, 11) is 0. The molecule has 2 heterocycles. The van der Waals surface area contributed by atoms with E-state index in [1.165, 1.54) is 16.8 Å². The number of aliphatic imine (C=N–C) groups is 1. The number of halogens is 1. The third-order valence-corrected chi connectivity index (χ3v) is 6.50. The number of anilines is 1. The van der Waals surface area contributed by atoms with E-state index < -0.39 is 0 Å². The first-order valence-electron chi connectivity index (χ1n) is 11.9. The number of aryl methyl sites for hydroxylation is 1. The highest BCUT2D eigenvalue weighted by Crippen LogP contribution is 2.23. The molecular formula is C24H41IN6O. The van der Waals surface area contributed by atoms with E-state index >= 15 is 0 Å². The molecule has 3 rings (SSSR count). The van der Waals surface area contributed by atoms with Crippen molar-refractivity contribution in [2.45, 2.75) is 46.6 Å². The normalized spacial score (nSPS) is 19.6. The van der Waals surface area contributed by atoms with Gasteiger partial charge in [-0.2, -0.15) is 0 Å². The SMILES string of the molecule is CCNC(=NCCN1CCN(c2cccc(C)c2C)CC1)NC1CCN(C(=O)CC)C1.I. The molecule has 8 heteroatoms. The Morgan fingerprint density at radius 2 is 1.88 bits per heavy atom. The highest BCUT2D eigenvalue weighted by atomic mass is 127. The zero-order valence-electron chi connectivity index (χ0n) is 20.2. The summed E-state index contributed by atoms with van der Waals surface area (Å²) in [5.41, 5.74) is 4.14. The second-order valence-corrected chi connectivity index (χ2v) is 8.63. The van der Waals surface area contributed by atoms with Crippen LogP contribution in [0, 0.1) is 13.8 Å². The molecule has 1 unspecified atom stereocenters. The minimum absolute atomic E-state index is 0. The second-order valence-electron chi connectivity index (χ2n) is 8.63. The van der Waals surface area contributed by atoms with Crippen LogP contribution in [0.2, 0.25) is 0 Å². The van der Waals surface area contributed by atoms with Gasteiger partial charge in [0, 0.05) is 70.5 Å². The molecule has 0 bridgehead atoms. The summed E-state index contributed by atoms with van der Waals surface area (Å²) in [6, 6.07) is 6.88. The van der Waals surface area contributed by atoms with Gasteiger partial charge in [0.25, 0.3) is 0 Å². The van der Waals surface area contributed by atoms with Crippen LogP contribution in [0.5, 0.6) is 0 Å². The highest BCUT2D eigenvalue weighted by molar-refractivity contribution is 14.0. The summed E-state index contributed by atoms with van der Waals surface area (Å²) in [6.07, 6.45) is 1.56. The first kappa shape index (κ1) is 26.7. The van der Waals surface area contributed by atoms with Crippen molar-refractivity contribution in [3.63, 3.8) is 0 Å². The lowest BCUT2D eigenvalue weighted by atomic mass is 10.1. The quantitative estimate of drug-likeness (QED) is 0.307. The number of piperazine rings is 1. The molecule has 0 aliphatic carbocycles. The van der Waals surface area contributed by atoms with Crippen LogP contribution < -0.4 is 15.5 Å². The van der Waals surface area contributed by atoms with Gasteiger partial charge in [0.1, 0.15) is 0 Å². The lowest BCUT2D eigenvalue weighted by Gasteiger charge is -2.36. The van der Waals surface area contributed by atoms with Crippen LogP contribution in [-0.2, 0) is 4.79 Å². The van der Waals surface area contributed by atoms with Gasteiger partial charge in [-0.1, -0.05) is 19.1 Å². The minimum atomic E-state index is 0. The van der Waals surface area contributed by atoms with Crippen molar-refractivity contribution in [3.8, 4) is 0 Å². The van der Waals surface area contributed by atoms with Crippen molar-refractivity contribution in [1.29, 1.82) is 0 Å². The Morgan fingerprint density at radius 3 is 2.56 bits per heavy atom. The van der Waals surface area contributed by atoms with Crippen LogP contribution in [0.25, 0.3) is 0 Å². The molecule has 2 fully saturated rings. The Bertz CT molecular complexity index is 763. The monoisotopic (exact) mass is 556 g/mol. The van der Waals surface area contributed by atoms with Crippen molar-refractivity contribution in [2.24, 2.45) is 4.99 Å². The van der Waals surface area contributed by atoms with Crippen molar-refractivity contribution >= 4 is 41.5 Å². The van der Waals surface area contributed by atoms with E-state index in [4.69, 9.17) is 4.99 Å². The van der Waals surface area contributed by atoms with E-state index in [0.717, 1.165) is 71.3 Å². The number of carbonyl (C=O) groups is 1. The van der Waals surface area contributed by atoms with E-state index in [0.29, 0.717) is 6.42 Å². The fourth-order valence-electron chi connectivity index (χ4n) is 4.44. The minimum Gasteiger partial charge on any atom is -0.369 e. The number of guanidine groups is 1. The maximum Gasteiger partial charge on any atom is 0.222 e. The summed E-state index contributed by atoms with van der Waals surface area (Å²) in [5, 5.41) is 6.88. The standard InChI is InChI=1S/C24H40N6O.HI/c1-5-23(31)30-12-10-21(18-30)27-24(25-6-2)26-11-13-28-14-16-29(17-15-28)22-9-7-8-19(3)20(22)4;/h7-9,21H,5-6,10-18H2,1-4H3,(H2,25,26,27);1H. The van der Waals surface area contributed by atoms with Crippen molar-refractivity contribution in [2.75, 3.05) is 63.8 Å². The molecule has 1 atom stereocenters. The number of hydrogen-bond donors (Lipinski definition) is 2. The molecule has 2 saturated heterocycles. The number of carbonyl (C=O) groups excluding carboxylic acids is 1. The fourth-order valence-corrected chi connectivity index (χ4v) is 4.44. The number of nitrogens with one attached hydrogen (secondary N) is 2. The molecule has 1 aromatic carbocycles. The zero-order valence-corrected chi connectivity index (χ0v) is 22.5. The molecule has 0 saturated carbocycles. The van der Waals surface area contributed by atoms with Gasteiger partial charge in [0.2, 0.25) is 5.91 Å². The van der Waals surface area contributed by atoms with Gasteiger partial charge in [-0.3, -0.25) is 14.7 Å². The average Bonchev–Trinajstić information content (AvgIpc) is 3.24. The third kappa shape index (κ3) is 7.23. The number of hydrogen-bond acceptors (Lipinski definition) is 4. The largest absolute Gasteiger partial charge is 0.369 e. The predicted molar refractivity (Wildman–Crippen MR) is 144 cm³/mol. The molecule has 7 nitrogen and oxygen atoms in total. The molecule has 32 heavy (non-hydrogen) atoms. The summed E-state index contributed by atoms with van der Waals surface area (Å²) in [6.45, 7) is 16.9. The van der Waals surface area contributed by atoms with E-state index in [1.807, 2.05) is 11.8 Å². The van der Waals surface area contributed by atoms with Gasteiger partial charge in [-0.05, 0) is 44.4 Å². The number of likely N-dealkylation sites (tertiary alicyclic amines) is 1. The molecule has 180 valence electrons. The van der Waals surface area contributed by atoms with Crippen LogP contribution in [0.15, 0.2) is 23.2 Å². The molecule has 2 N–H and O–H groups in total. The molecule has 1 amide bonds. The van der Waals surface area contributed by atoms with Crippen molar-refractivity contribution in [1.82, 2.24) is 20.4 Å². The molecular weight excluding hydrogens is 515 g/mol. The van der Waals surface area contributed by atoms with Gasteiger partial charge >= 0.3 is 0 Å². The Balaban J connectivity index is 0.00000363. The van der Waals surface area contributed by atoms with Crippen LogP contribution in [0.1, 0.15) is 37.8 Å².